The standard InChI is InChI=1S/C23H21FN4O2S/c1-14-4-3-5-16(10-14)12-25-20(29)13-31-23-27-19-11-15(2)26-21(19)22(30)28(23)18-8-6-17(24)7-9-18/h3-11,26H,12-13H2,1-2H3,(H,25,29). The minimum Gasteiger partial charge on any atom is -0.353 e. The molecule has 2 aromatic carbocycles. The molecule has 2 aromatic heterocycles. The molecule has 0 atom stereocenters. The molecule has 4 aromatic rings. The SMILES string of the molecule is Cc1cccc(CNC(=O)CSc2nc3cc(C)[nH]c3c(=O)n2-c2ccc(F)cc2)c1. The molecular weight excluding hydrogens is 415 g/mol. The van der Waals surface area contributed by atoms with Gasteiger partial charge in [-0.05, 0) is 49.7 Å². The highest BCUT2D eigenvalue weighted by atomic mass is 32.2. The monoisotopic (exact) mass is 436 g/mol. The van der Waals surface area contributed by atoms with Crippen molar-refractivity contribution in [2.45, 2.75) is 25.5 Å². The molecule has 0 aliphatic rings. The predicted molar refractivity (Wildman–Crippen MR) is 120 cm³/mol. The quantitative estimate of drug-likeness (QED) is 0.355. The lowest BCUT2D eigenvalue weighted by molar-refractivity contribution is -0.118. The van der Waals surface area contributed by atoms with Crippen LogP contribution in [-0.2, 0) is 11.3 Å². The van der Waals surface area contributed by atoms with Gasteiger partial charge in [-0.15, -0.1) is 0 Å². The van der Waals surface area contributed by atoms with Crippen molar-refractivity contribution in [3.05, 3.63) is 87.6 Å². The first-order valence-corrected chi connectivity index (χ1v) is 10.7. The molecule has 2 heterocycles. The molecule has 4 rings (SSSR count). The summed E-state index contributed by atoms with van der Waals surface area (Å²) in [5.74, 6) is -0.475. The Morgan fingerprint density at radius 3 is 2.68 bits per heavy atom. The average molecular weight is 437 g/mol. The maximum atomic E-state index is 13.4. The minimum absolute atomic E-state index is 0.0916. The van der Waals surface area contributed by atoms with Crippen molar-refractivity contribution in [3.8, 4) is 5.69 Å². The van der Waals surface area contributed by atoms with Crippen LogP contribution in [0.15, 0.2) is 64.5 Å². The highest BCUT2D eigenvalue weighted by molar-refractivity contribution is 7.99. The lowest BCUT2D eigenvalue weighted by Gasteiger charge is -2.12. The van der Waals surface area contributed by atoms with Crippen molar-refractivity contribution in [1.82, 2.24) is 19.9 Å². The molecule has 2 N–H and O–H groups in total. The second-order valence-electron chi connectivity index (χ2n) is 7.28. The van der Waals surface area contributed by atoms with E-state index in [2.05, 4.69) is 15.3 Å². The molecule has 158 valence electrons. The largest absolute Gasteiger partial charge is 0.353 e. The normalized spacial score (nSPS) is 11.1. The fourth-order valence-corrected chi connectivity index (χ4v) is 4.14. The van der Waals surface area contributed by atoms with E-state index in [-0.39, 0.29) is 17.2 Å². The second-order valence-corrected chi connectivity index (χ2v) is 8.22. The van der Waals surface area contributed by atoms with E-state index in [9.17, 15) is 14.0 Å². The molecule has 0 aliphatic carbocycles. The smallest absolute Gasteiger partial charge is 0.283 e. The molecule has 0 radical (unpaired) electrons. The van der Waals surface area contributed by atoms with Gasteiger partial charge in [-0.3, -0.25) is 14.2 Å². The fourth-order valence-electron chi connectivity index (χ4n) is 3.30. The molecule has 0 saturated carbocycles. The van der Waals surface area contributed by atoms with E-state index in [1.54, 1.807) is 6.07 Å². The Labute approximate surface area is 182 Å². The van der Waals surface area contributed by atoms with E-state index in [0.29, 0.717) is 28.4 Å². The van der Waals surface area contributed by atoms with E-state index in [4.69, 9.17) is 0 Å². The number of rotatable bonds is 6. The van der Waals surface area contributed by atoms with Crippen LogP contribution >= 0.6 is 11.8 Å². The summed E-state index contributed by atoms with van der Waals surface area (Å²) in [4.78, 5) is 33.1. The van der Waals surface area contributed by atoms with Crippen molar-refractivity contribution in [2.75, 3.05) is 5.75 Å². The van der Waals surface area contributed by atoms with Gasteiger partial charge in [0.1, 0.15) is 11.3 Å². The number of nitrogens with one attached hydrogen (secondary N) is 2. The van der Waals surface area contributed by atoms with Gasteiger partial charge >= 0.3 is 0 Å². The topological polar surface area (TPSA) is 79.8 Å². The van der Waals surface area contributed by atoms with Crippen LogP contribution in [0.1, 0.15) is 16.8 Å². The van der Waals surface area contributed by atoms with Crippen molar-refractivity contribution in [2.24, 2.45) is 0 Å². The number of thioether (sulfide) groups is 1. The highest BCUT2D eigenvalue weighted by Crippen LogP contribution is 2.22. The lowest BCUT2D eigenvalue weighted by atomic mass is 10.1. The summed E-state index contributed by atoms with van der Waals surface area (Å²) in [5, 5.41) is 3.26. The summed E-state index contributed by atoms with van der Waals surface area (Å²) in [6, 6.07) is 15.3. The minimum atomic E-state index is -0.397. The van der Waals surface area contributed by atoms with E-state index in [0.717, 1.165) is 28.6 Å². The number of aromatic amines is 1. The number of halogens is 1. The summed E-state index contributed by atoms with van der Waals surface area (Å²) in [5.41, 5.74) is 4.04. The van der Waals surface area contributed by atoms with Crippen LogP contribution in [0.3, 0.4) is 0 Å². The Kier molecular flexibility index (Phi) is 5.90. The molecular formula is C23H21FN4O2S. The third-order valence-electron chi connectivity index (χ3n) is 4.75. The molecule has 8 heteroatoms. The summed E-state index contributed by atoms with van der Waals surface area (Å²) >= 11 is 1.16. The number of nitrogens with zero attached hydrogens (tertiary/aromatic N) is 2. The van der Waals surface area contributed by atoms with E-state index in [1.165, 1.54) is 28.8 Å². The maximum Gasteiger partial charge on any atom is 0.283 e. The molecule has 6 nitrogen and oxygen atoms in total. The summed E-state index contributed by atoms with van der Waals surface area (Å²) in [6.07, 6.45) is 0. The van der Waals surface area contributed by atoms with Crippen LogP contribution < -0.4 is 10.9 Å². The van der Waals surface area contributed by atoms with Crippen LogP contribution in [0.2, 0.25) is 0 Å². The Hall–Kier alpha value is -3.39. The zero-order valence-corrected chi connectivity index (χ0v) is 17.9. The fraction of sp³-hybridized carbons (Fsp3) is 0.174. The molecule has 1 amide bonds. The van der Waals surface area contributed by atoms with Crippen LogP contribution in [0.5, 0.6) is 0 Å². The van der Waals surface area contributed by atoms with Crippen molar-refractivity contribution in [3.63, 3.8) is 0 Å². The summed E-state index contributed by atoms with van der Waals surface area (Å²) in [7, 11) is 0. The number of aromatic nitrogens is 3. The third-order valence-corrected chi connectivity index (χ3v) is 5.68. The average Bonchev–Trinajstić information content (AvgIpc) is 3.12. The molecule has 0 aliphatic heterocycles. The van der Waals surface area contributed by atoms with E-state index >= 15 is 0 Å². The van der Waals surface area contributed by atoms with Crippen LogP contribution in [0.4, 0.5) is 4.39 Å². The van der Waals surface area contributed by atoms with Crippen molar-refractivity contribution >= 4 is 28.7 Å². The molecule has 0 bridgehead atoms. The van der Waals surface area contributed by atoms with Crippen LogP contribution in [0.25, 0.3) is 16.7 Å². The zero-order valence-electron chi connectivity index (χ0n) is 17.1. The first kappa shape index (κ1) is 20.9. The van der Waals surface area contributed by atoms with Gasteiger partial charge in [-0.2, -0.15) is 0 Å². The Bertz CT molecular complexity index is 1310. The number of fused-ring (bicyclic) bond motifs is 1. The maximum absolute atomic E-state index is 13.4. The molecule has 0 spiro atoms. The first-order chi connectivity index (χ1) is 14.9. The number of amides is 1. The number of hydrogen-bond acceptors (Lipinski definition) is 4. The van der Waals surface area contributed by atoms with Gasteiger partial charge in [0.05, 0.1) is 17.0 Å². The second kappa shape index (κ2) is 8.77. The lowest BCUT2D eigenvalue weighted by Crippen LogP contribution is -2.26. The van der Waals surface area contributed by atoms with Gasteiger partial charge in [0.25, 0.3) is 5.56 Å². The van der Waals surface area contributed by atoms with Gasteiger partial charge < -0.3 is 10.3 Å². The van der Waals surface area contributed by atoms with E-state index < -0.39 is 5.82 Å². The van der Waals surface area contributed by atoms with Gasteiger partial charge in [0, 0.05) is 12.2 Å². The van der Waals surface area contributed by atoms with Crippen molar-refractivity contribution < 1.29 is 9.18 Å². The highest BCUT2D eigenvalue weighted by Gasteiger charge is 2.16. The van der Waals surface area contributed by atoms with Gasteiger partial charge in [-0.1, -0.05) is 41.6 Å². The summed E-state index contributed by atoms with van der Waals surface area (Å²) < 4.78 is 14.8. The van der Waals surface area contributed by atoms with Gasteiger partial charge in [-0.25, -0.2) is 9.37 Å². The molecule has 31 heavy (non-hydrogen) atoms. The first-order valence-electron chi connectivity index (χ1n) is 9.74. The van der Waals surface area contributed by atoms with Crippen LogP contribution in [0, 0.1) is 19.7 Å². The third kappa shape index (κ3) is 4.69. The summed E-state index contributed by atoms with van der Waals surface area (Å²) in [6.45, 7) is 4.27. The van der Waals surface area contributed by atoms with Crippen molar-refractivity contribution in [1.29, 1.82) is 0 Å². The van der Waals surface area contributed by atoms with Gasteiger partial charge in [0.2, 0.25) is 5.91 Å². The van der Waals surface area contributed by atoms with Crippen LogP contribution in [-0.4, -0.2) is 26.2 Å². The Morgan fingerprint density at radius 1 is 1.16 bits per heavy atom. The molecule has 0 unspecified atom stereocenters. The number of hydrogen-bond donors (Lipinski definition) is 2. The number of H-pyrrole nitrogens is 1. The van der Waals surface area contributed by atoms with E-state index in [1.807, 2.05) is 38.1 Å². The number of carbonyl (C=O) groups is 1. The van der Waals surface area contributed by atoms with Gasteiger partial charge in [0.15, 0.2) is 5.16 Å². The Balaban J connectivity index is 1.58. The zero-order chi connectivity index (χ0) is 22.0. The number of benzene rings is 2. The molecule has 0 saturated heterocycles. The molecule has 0 fully saturated rings. The number of carbonyl (C=O) groups excluding carboxylic acids is 1. The Morgan fingerprint density at radius 2 is 1.94 bits per heavy atom. The predicted octanol–water partition coefficient (Wildman–Crippen LogP) is 3.88. The number of aryl methyl sites for hydroxylation is 2.